The molecule has 2 saturated heterocycles. The Morgan fingerprint density at radius 1 is 1.55 bits per heavy atom. The zero-order valence-corrected chi connectivity index (χ0v) is 11.8. The van der Waals surface area contributed by atoms with Gasteiger partial charge >= 0.3 is 0 Å². The van der Waals surface area contributed by atoms with E-state index in [4.69, 9.17) is 21.6 Å². The number of nitrogens with zero attached hydrogens (tertiary/aromatic N) is 3. The molecule has 2 atom stereocenters. The van der Waals surface area contributed by atoms with Gasteiger partial charge in [-0.3, -0.25) is 0 Å². The summed E-state index contributed by atoms with van der Waals surface area (Å²) in [5.74, 6) is 0. The van der Waals surface area contributed by atoms with E-state index in [1.807, 2.05) is 17.9 Å². The monoisotopic (exact) mass is 291 g/mol. The molecule has 0 bridgehead atoms. The highest BCUT2D eigenvalue weighted by atomic mass is 35.5. The van der Waals surface area contributed by atoms with Crippen molar-refractivity contribution in [2.45, 2.75) is 25.5 Å². The van der Waals surface area contributed by atoms with Crippen LogP contribution in [0.5, 0.6) is 0 Å². The van der Waals surface area contributed by atoms with Gasteiger partial charge in [0.15, 0.2) is 0 Å². The molecule has 2 aliphatic rings. The van der Waals surface area contributed by atoms with Gasteiger partial charge in [0.2, 0.25) is 0 Å². The van der Waals surface area contributed by atoms with Gasteiger partial charge in [0.1, 0.15) is 12.7 Å². The van der Waals surface area contributed by atoms with E-state index in [9.17, 15) is 5.11 Å². The quantitative estimate of drug-likeness (QED) is 0.859. The molecule has 2 heterocycles. The second-order valence-electron chi connectivity index (χ2n) is 5.01. The molecule has 0 aliphatic carbocycles. The van der Waals surface area contributed by atoms with E-state index in [-0.39, 0.29) is 12.1 Å². The number of aliphatic imine (C=N–C) groups is 1. The van der Waals surface area contributed by atoms with Crippen LogP contribution in [0.1, 0.15) is 17.5 Å². The summed E-state index contributed by atoms with van der Waals surface area (Å²) in [6.07, 6.45) is 0.383. The number of hydrogen-bond acceptors (Lipinski definition) is 4. The number of halogens is 1. The topological polar surface area (TPSA) is 68.8 Å². The summed E-state index contributed by atoms with van der Waals surface area (Å²) in [5.41, 5.74) is 1.88. The standard InChI is InChI=1S/C14H14ClN3O2/c1-8-10(3-2-9(6-16)13(8)15)17-14-18-5-4-12(19)11(18)7-20-14/h2-3,11-12,19H,4-5,7H2,1H3/t11-,12+/m1/s1. The van der Waals surface area contributed by atoms with E-state index in [0.717, 1.165) is 18.5 Å². The summed E-state index contributed by atoms with van der Waals surface area (Å²) >= 11 is 6.13. The molecule has 2 fully saturated rings. The summed E-state index contributed by atoms with van der Waals surface area (Å²) < 4.78 is 5.55. The summed E-state index contributed by atoms with van der Waals surface area (Å²) in [5, 5.41) is 19.2. The molecule has 0 unspecified atom stereocenters. The van der Waals surface area contributed by atoms with E-state index in [0.29, 0.717) is 28.9 Å². The zero-order chi connectivity index (χ0) is 14.3. The SMILES string of the molecule is Cc1c(N=C2OC[C@@H]3[C@@H](O)CCN23)ccc(C#N)c1Cl. The van der Waals surface area contributed by atoms with Gasteiger partial charge in [-0.1, -0.05) is 11.6 Å². The molecule has 104 valence electrons. The molecule has 5 nitrogen and oxygen atoms in total. The van der Waals surface area contributed by atoms with Crippen molar-refractivity contribution in [3.05, 3.63) is 28.3 Å². The fourth-order valence-electron chi connectivity index (χ4n) is 2.60. The molecule has 0 radical (unpaired) electrons. The molecule has 6 heteroatoms. The molecular formula is C14H14ClN3O2. The fraction of sp³-hybridized carbons (Fsp3) is 0.429. The van der Waals surface area contributed by atoms with Gasteiger partial charge in [-0.25, -0.2) is 0 Å². The largest absolute Gasteiger partial charge is 0.463 e. The van der Waals surface area contributed by atoms with E-state index in [1.54, 1.807) is 12.1 Å². The second-order valence-corrected chi connectivity index (χ2v) is 5.38. The van der Waals surface area contributed by atoms with Crippen LogP contribution >= 0.6 is 11.6 Å². The number of rotatable bonds is 1. The number of nitriles is 1. The molecule has 0 saturated carbocycles. The predicted molar refractivity (Wildman–Crippen MR) is 75.1 cm³/mol. The number of aliphatic hydroxyl groups excluding tert-OH is 1. The van der Waals surface area contributed by atoms with Crippen molar-refractivity contribution in [1.82, 2.24) is 4.90 Å². The van der Waals surface area contributed by atoms with Gasteiger partial charge in [-0.15, -0.1) is 0 Å². The van der Waals surface area contributed by atoms with Crippen LogP contribution in [0.2, 0.25) is 5.02 Å². The van der Waals surface area contributed by atoms with Crippen molar-refractivity contribution in [2.24, 2.45) is 4.99 Å². The Morgan fingerprint density at radius 3 is 3.10 bits per heavy atom. The number of amidine groups is 1. The number of benzene rings is 1. The van der Waals surface area contributed by atoms with Crippen molar-refractivity contribution in [3.8, 4) is 6.07 Å². The minimum absolute atomic E-state index is 0.00269. The minimum Gasteiger partial charge on any atom is -0.463 e. The average Bonchev–Trinajstić information content (AvgIpc) is 3.00. The van der Waals surface area contributed by atoms with E-state index in [1.165, 1.54) is 0 Å². The molecular weight excluding hydrogens is 278 g/mol. The van der Waals surface area contributed by atoms with Crippen LogP contribution in [0.4, 0.5) is 5.69 Å². The fourth-order valence-corrected chi connectivity index (χ4v) is 2.80. The third-order valence-corrected chi connectivity index (χ3v) is 4.32. The van der Waals surface area contributed by atoms with Crippen molar-refractivity contribution >= 4 is 23.3 Å². The number of hydrogen-bond donors (Lipinski definition) is 1. The highest BCUT2D eigenvalue weighted by Crippen LogP contribution is 2.31. The Labute approximate surface area is 122 Å². The number of aliphatic hydroxyl groups is 1. The maximum Gasteiger partial charge on any atom is 0.293 e. The molecule has 3 rings (SSSR count). The normalized spacial score (nSPS) is 26.5. The van der Waals surface area contributed by atoms with Crippen molar-refractivity contribution in [1.29, 1.82) is 5.26 Å². The van der Waals surface area contributed by atoms with E-state index >= 15 is 0 Å². The molecule has 20 heavy (non-hydrogen) atoms. The summed E-state index contributed by atoms with van der Waals surface area (Å²) in [6, 6.07) is 5.98. The Bertz CT molecular complexity index is 624. The maximum absolute atomic E-state index is 9.82. The molecule has 0 amide bonds. The van der Waals surface area contributed by atoms with Crippen LogP contribution in [-0.4, -0.2) is 41.3 Å². The van der Waals surface area contributed by atoms with Gasteiger partial charge < -0.3 is 14.7 Å². The van der Waals surface area contributed by atoms with Crippen LogP contribution in [0.3, 0.4) is 0 Å². The van der Waals surface area contributed by atoms with Crippen molar-refractivity contribution < 1.29 is 9.84 Å². The summed E-state index contributed by atoms with van der Waals surface area (Å²) in [7, 11) is 0. The van der Waals surface area contributed by atoms with Crippen molar-refractivity contribution in [3.63, 3.8) is 0 Å². The third-order valence-electron chi connectivity index (χ3n) is 3.83. The molecule has 1 N–H and O–H groups in total. The summed E-state index contributed by atoms with van der Waals surface area (Å²) in [4.78, 5) is 6.47. The Hall–Kier alpha value is -1.77. The minimum atomic E-state index is -0.353. The highest BCUT2D eigenvalue weighted by Gasteiger charge is 2.41. The first-order chi connectivity index (χ1) is 9.61. The smallest absolute Gasteiger partial charge is 0.293 e. The van der Waals surface area contributed by atoms with Gasteiger partial charge in [0.05, 0.1) is 28.4 Å². The van der Waals surface area contributed by atoms with Crippen LogP contribution < -0.4 is 0 Å². The van der Waals surface area contributed by atoms with Crippen LogP contribution in [0, 0.1) is 18.3 Å². The van der Waals surface area contributed by atoms with Gasteiger partial charge in [0, 0.05) is 6.54 Å². The lowest BCUT2D eigenvalue weighted by Crippen LogP contribution is -2.33. The van der Waals surface area contributed by atoms with Crippen LogP contribution in [0.25, 0.3) is 0 Å². The third kappa shape index (κ3) is 2.01. The zero-order valence-electron chi connectivity index (χ0n) is 11.0. The molecule has 2 aliphatic heterocycles. The van der Waals surface area contributed by atoms with Crippen LogP contribution in [-0.2, 0) is 4.74 Å². The number of fused-ring (bicyclic) bond motifs is 1. The molecule has 0 aromatic heterocycles. The molecule has 1 aromatic rings. The molecule has 1 aromatic carbocycles. The Kier molecular flexibility index (Phi) is 3.28. The maximum atomic E-state index is 9.82. The Balaban J connectivity index is 1.94. The summed E-state index contributed by atoms with van der Waals surface area (Å²) in [6.45, 7) is 3.03. The predicted octanol–water partition coefficient (Wildman–Crippen LogP) is 1.97. The Morgan fingerprint density at radius 2 is 2.35 bits per heavy atom. The first kappa shape index (κ1) is 13.2. The number of ether oxygens (including phenoxy) is 1. The van der Waals surface area contributed by atoms with E-state index < -0.39 is 0 Å². The van der Waals surface area contributed by atoms with Gasteiger partial charge in [-0.05, 0) is 31.0 Å². The van der Waals surface area contributed by atoms with Crippen LogP contribution in [0.15, 0.2) is 17.1 Å². The lowest BCUT2D eigenvalue weighted by Gasteiger charge is -2.15. The highest BCUT2D eigenvalue weighted by molar-refractivity contribution is 6.32. The molecule has 0 spiro atoms. The first-order valence-corrected chi connectivity index (χ1v) is 6.85. The average molecular weight is 292 g/mol. The van der Waals surface area contributed by atoms with E-state index in [2.05, 4.69) is 4.99 Å². The second kappa shape index (κ2) is 4.97. The van der Waals surface area contributed by atoms with Crippen molar-refractivity contribution in [2.75, 3.05) is 13.2 Å². The lowest BCUT2D eigenvalue weighted by molar-refractivity contribution is 0.134. The lowest BCUT2D eigenvalue weighted by atomic mass is 10.1. The first-order valence-electron chi connectivity index (χ1n) is 6.47. The van der Waals surface area contributed by atoms with Gasteiger partial charge in [-0.2, -0.15) is 10.3 Å². The van der Waals surface area contributed by atoms with Gasteiger partial charge in [0.25, 0.3) is 6.02 Å².